The third kappa shape index (κ3) is 6.08. The van der Waals surface area contributed by atoms with Crippen LogP contribution in [-0.4, -0.2) is 24.2 Å². The van der Waals surface area contributed by atoms with E-state index in [4.69, 9.17) is 11.2 Å². The van der Waals surface area contributed by atoms with E-state index in [1.165, 1.54) is 0 Å². The molecule has 0 aliphatic rings. The summed E-state index contributed by atoms with van der Waals surface area (Å²) in [4.78, 5) is 12.1. The molecule has 1 aromatic carbocycles. The Hall–Kier alpha value is -1.79. The first kappa shape index (κ1) is 15.3. The molecular weight excluding hydrogens is 238 g/mol. The molecule has 1 atom stereocenters. The van der Waals surface area contributed by atoms with E-state index >= 15 is 0 Å². The lowest BCUT2D eigenvalue weighted by molar-refractivity contribution is -0.157. The van der Waals surface area contributed by atoms with Crippen molar-refractivity contribution < 1.29 is 9.53 Å². The van der Waals surface area contributed by atoms with Gasteiger partial charge in [-0.2, -0.15) is 0 Å². The number of terminal acetylenes is 1. The summed E-state index contributed by atoms with van der Waals surface area (Å²) in [5.41, 5.74) is 0.576. The highest BCUT2D eigenvalue weighted by atomic mass is 16.6. The Kier molecular flexibility index (Phi) is 5.59. The monoisotopic (exact) mass is 259 g/mol. The first-order valence-electron chi connectivity index (χ1n) is 6.36. The van der Waals surface area contributed by atoms with E-state index in [9.17, 15) is 4.79 Å². The fourth-order valence-corrected chi connectivity index (χ4v) is 1.64. The number of esters is 1. The third-order valence-corrected chi connectivity index (χ3v) is 2.42. The van der Waals surface area contributed by atoms with Crippen molar-refractivity contribution in [1.82, 2.24) is 5.32 Å². The van der Waals surface area contributed by atoms with E-state index in [0.717, 1.165) is 5.56 Å². The van der Waals surface area contributed by atoms with Crippen LogP contribution in [0.2, 0.25) is 0 Å². The predicted octanol–water partition coefficient (Wildman–Crippen LogP) is 2.16. The second-order valence-corrected chi connectivity index (χ2v) is 5.36. The molecule has 3 nitrogen and oxygen atoms in total. The zero-order valence-corrected chi connectivity index (χ0v) is 11.8. The lowest BCUT2D eigenvalue weighted by Gasteiger charge is -2.24. The van der Waals surface area contributed by atoms with Crippen molar-refractivity contribution in [2.75, 3.05) is 6.54 Å². The normalized spacial score (nSPS) is 12.5. The molecule has 0 amide bonds. The molecule has 19 heavy (non-hydrogen) atoms. The van der Waals surface area contributed by atoms with Crippen molar-refractivity contribution in [2.45, 2.75) is 38.8 Å². The molecule has 3 heteroatoms. The maximum absolute atomic E-state index is 12.1. The lowest BCUT2D eigenvalue weighted by Crippen LogP contribution is -2.42. The highest BCUT2D eigenvalue weighted by Crippen LogP contribution is 2.11. The number of hydrogen-bond acceptors (Lipinski definition) is 3. The molecule has 0 spiro atoms. The molecule has 0 saturated carbocycles. The Labute approximate surface area is 115 Å². The minimum Gasteiger partial charge on any atom is -0.459 e. The van der Waals surface area contributed by atoms with Crippen LogP contribution in [-0.2, 0) is 16.0 Å². The Balaban J connectivity index is 2.72. The molecule has 0 saturated heterocycles. The molecule has 102 valence electrons. The third-order valence-electron chi connectivity index (χ3n) is 2.42. The van der Waals surface area contributed by atoms with E-state index < -0.39 is 11.6 Å². The zero-order chi connectivity index (χ0) is 14.3. The van der Waals surface area contributed by atoms with Crippen LogP contribution in [0.1, 0.15) is 26.3 Å². The fraction of sp³-hybridized carbons (Fsp3) is 0.438. The Morgan fingerprint density at radius 1 is 1.37 bits per heavy atom. The number of carbonyl (C=O) groups excluding carboxylic acids is 1. The van der Waals surface area contributed by atoms with Gasteiger partial charge in [0.05, 0.1) is 6.54 Å². The smallest absolute Gasteiger partial charge is 0.324 e. The van der Waals surface area contributed by atoms with Gasteiger partial charge in [-0.05, 0) is 32.8 Å². The second-order valence-electron chi connectivity index (χ2n) is 5.36. The SMILES string of the molecule is C#CCN[C@@H](Cc1ccccc1)C(=O)OC(C)(C)C. The van der Waals surface area contributed by atoms with E-state index in [0.29, 0.717) is 13.0 Å². The molecule has 0 unspecified atom stereocenters. The number of rotatable bonds is 5. The van der Waals surface area contributed by atoms with Crippen LogP contribution in [0.3, 0.4) is 0 Å². The van der Waals surface area contributed by atoms with Gasteiger partial charge < -0.3 is 4.74 Å². The largest absolute Gasteiger partial charge is 0.459 e. The maximum atomic E-state index is 12.1. The molecule has 0 heterocycles. The van der Waals surface area contributed by atoms with Gasteiger partial charge in [0.1, 0.15) is 11.6 Å². The van der Waals surface area contributed by atoms with E-state index in [1.54, 1.807) is 0 Å². The van der Waals surface area contributed by atoms with Crippen LogP contribution in [0, 0.1) is 12.3 Å². The molecule has 0 fully saturated rings. The molecule has 0 aliphatic carbocycles. The molecule has 1 rings (SSSR count). The number of ether oxygens (including phenoxy) is 1. The maximum Gasteiger partial charge on any atom is 0.324 e. The van der Waals surface area contributed by atoms with Crippen LogP contribution in [0.4, 0.5) is 0 Å². The van der Waals surface area contributed by atoms with Crippen LogP contribution < -0.4 is 5.32 Å². The van der Waals surface area contributed by atoms with Crippen LogP contribution >= 0.6 is 0 Å². The van der Waals surface area contributed by atoms with Gasteiger partial charge in [0.25, 0.3) is 0 Å². The van der Waals surface area contributed by atoms with Crippen molar-refractivity contribution >= 4 is 5.97 Å². The van der Waals surface area contributed by atoms with Crippen molar-refractivity contribution in [2.24, 2.45) is 0 Å². The van der Waals surface area contributed by atoms with Gasteiger partial charge in [-0.1, -0.05) is 36.3 Å². The number of hydrogen-bond donors (Lipinski definition) is 1. The zero-order valence-electron chi connectivity index (χ0n) is 11.8. The van der Waals surface area contributed by atoms with E-state index in [-0.39, 0.29) is 5.97 Å². The molecule has 0 bridgehead atoms. The van der Waals surface area contributed by atoms with Gasteiger partial charge in [0.2, 0.25) is 0 Å². The first-order chi connectivity index (χ1) is 8.92. The van der Waals surface area contributed by atoms with Gasteiger partial charge in [0, 0.05) is 0 Å². The topological polar surface area (TPSA) is 38.3 Å². The van der Waals surface area contributed by atoms with Gasteiger partial charge >= 0.3 is 5.97 Å². The summed E-state index contributed by atoms with van der Waals surface area (Å²) in [5, 5.41) is 3.03. The summed E-state index contributed by atoms with van der Waals surface area (Å²) in [7, 11) is 0. The summed E-state index contributed by atoms with van der Waals surface area (Å²) < 4.78 is 5.40. The second kappa shape index (κ2) is 6.96. The average molecular weight is 259 g/mol. The highest BCUT2D eigenvalue weighted by Gasteiger charge is 2.24. The Morgan fingerprint density at radius 3 is 2.53 bits per heavy atom. The molecular formula is C16H21NO2. The summed E-state index contributed by atoms with van der Waals surface area (Å²) in [6.07, 6.45) is 5.80. The van der Waals surface area contributed by atoms with E-state index in [1.807, 2.05) is 51.1 Å². The summed E-state index contributed by atoms with van der Waals surface area (Å²) in [5.74, 6) is 2.21. The summed E-state index contributed by atoms with van der Waals surface area (Å²) >= 11 is 0. The number of nitrogens with one attached hydrogen (secondary N) is 1. The fourth-order valence-electron chi connectivity index (χ4n) is 1.64. The first-order valence-corrected chi connectivity index (χ1v) is 6.36. The molecule has 1 N–H and O–H groups in total. The Morgan fingerprint density at radius 2 is 2.00 bits per heavy atom. The highest BCUT2D eigenvalue weighted by molar-refractivity contribution is 5.76. The van der Waals surface area contributed by atoms with Gasteiger partial charge in [-0.15, -0.1) is 6.42 Å². The van der Waals surface area contributed by atoms with Crippen LogP contribution in [0.25, 0.3) is 0 Å². The molecule has 0 aromatic heterocycles. The van der Waals surface area contributed by atoms with Gasteiger partial charge in [-0.3, -0.25) is 10.1 Å². The van der Waals surface area contributed by atoms with Gasteiger partial charge in [-0.25, -0.2) is 0 Å². The van der Waals surface area contributed by atoms with Crippen LogP contribution in [0.15, 0.2) is 30.3 Å². The number of benzene rings is 1. The minimum atomic E-state index is -0.496. The molecule has 0 aliphatic heterocycles. The molecule has 1 aromatic rings. The van der Waals surface area contributed by atoms with Crippen molar-refractivity contribution in [3.8, 4) is 12.3 Å². The summed E-state index contributed by atoms with van der Waals surface area (Å²) in [6.45, 7) is 5.90. The van der Waals surface area contributed by atoms with Crippen molar-refractivity contribution in [3.05, 3.63) is 35.9 Å². The minimum absolute atomic E-state index is 0.272. The lowest BCUT2D eigenvalue weighted by atomic mass is 10.1. The van der Waals surface area contributed by atoms with Gasteiger partial charge in [0.15, 0.2) is 0 Å². The van der Waals surface area contributed by atoms with Crippen molar-refractivity contribution in [1.29, 1.82) is 0 Å². The average Bonchev–Trinajstić information content (AvgIpc) is 2.33. The van der Waals surface area contributed by atoms with E-state index in [2.05, 4.69) is 11.2 Å². The Bertz CT molecular complexity index is 440. The van der Waals surface area contributed by atoms with Crippen molar-refractivity contribution in [3.63, 3.8) is 0 Å². The predicted molar refractivity (Wildman–Crippen MR) is 76.6 cm³/mol. The standard InChI is InChI=1S/C16H21NO2/c1-5-11-17-14(15(18)19-16(2,3)4)12-13-9-7-6-8-10-13/h1,6-10,14,17H,11-12H2,2-4H3/t14-/m0/s1. The summed E-state index contributed by atoms with van der Waals surface area (Å²) in [6, 6.07) is 9.38. The van der Waals surface area contributed by atoms with Crippen LogP contribution in [0.5, 0.6) is 0 Å². The quantitative estimate of drug-likeness (QED) is 0.650. The number of carbonyl (C=O) groups is 1. The molecule has 0 radical (unpaired) electrons.